The van der Waals surface area contributed by atoms with Gasteiger partial charge in [0.25, 0.3) is 5.91 Å². The van der Waals surface area contributed by atoms with E-state index in [9.17, 15) is 9.59 Å². The molecule has 166 valence electrons. The van der Waals surface area contributed by atoms with Gasteiger partial charge in [0.1, 0.15) is 5.75 Å². The molecule has 0 saturated carbocycles. The van der Waals surface area contributed by atoms with Gasteiger partial charge in [-0.15, -0.1) is 0 Å². The lowest BCUT2D eigenvalue weighted by Gasteiger charge is -2.31. The first kappa shape index (κ1) is 22.5. The van der Waals surface area contributed by atoms with Crippen LogP contribution < -0.4 is 25.6 Å². The summed E-state index contributed by atoms with van der Waals surface area (Å²) < 4.78 is 5.28. The number of para-hydroxylation sites is 2. The first-order chi connectivity index (χ1) is 15.0. The van der Waals surface area contributed by atoms with Gasteiger partial charge in [-0.3, -0.25) is 4.79 Å². The second-order valence-electron chi connectivity index (χ2n) is 7.84. The number of urea groups is 1. The molecule has 7 heteroatoms. The van der Waals surface area contributed by atoms with Crippen molar-refractivity contribution in [2.45, 2.75) is 45.6 Å². The molecule has 1 atom stereocenters. The summed E-state index contributed by atoms with van der Waals surface area (Å²) in [6, 6.07) is 12.4. The number of methoxy groups -OCH3 is 1. The van der Waals surface area contributed by atoms with Crippen molar-refractivity contribution in [3.05, 3.63) is 48.0 Å². The van der Waals surface area contributed by atoms with Gasteiger partial charge in [-0.1, -0.05) is 19.1 Å². The number of nitrogens with zero attached hydrogens (tertiary/aromatic N) is 1. The fourth-order valence-corrected chi connectivity index (χ4v) is 3.64. The first-order valence-electron chi connectivity index (χ1n) is 10.9. The minimum atomic E-state index is -0.400. The molecule has 3 amide bonds. The summed E-state index contributed by atoms with van der Waals surface area (Å²) in [6.07, 6.45) is 4.30. The van der Waals surface area contributed by atoms with Gasteiger partial charge in [0.05, 0.1) is 18.4 Å². The molecule has 3 N–H and O–H groups in total. The third-order valence-corrected chi connectivity index (χ3v) is 5.54. The van der Waals surface area contributed by atoms with Gasteiger partial charge in [0.2, 0.25) is 0 Å². The van der Waals surface area contributed by atoms with Crippen LogP contribution in [-0.2, 0) is 0 Å². The fraction of sp³-hybridized carbons (Fsp3) is 0.417. The maximum atomic E-state index is 13.0. The largest absolute Gasteiger partial charge is 0.495 e. The van der Waals surface area contributed by atoms with Crippen LogP contribution in [0, 0.1) is 0 Å². The van der Waals surface area contributed by atoms with Crippen LogP contribution >= 0.6 is 0 Å². The van der Waals surface area contributed by atoms with E-state index in [0.29, 0.717) is 22.7 Å². The number of rotatable bonds is 7. The Hall–Kier alpha value is -3.22. The van der Waals surface area contributed by atoms with Crippen LogP contribution in [0.15, 0.2) is 42.5 Å². The minimum Gasteiger partial charge on any atom is -0.495 e. The van der Waals surface area contributed by atoms with E-state index in [4.69, 9.17) is 4.74 Å². The predicted molar refractivity (Wildman–Crippen MR) is 125 cm³/mol. The molecule has 2 aromatic carbocycles. The molecule has 1 heterocycles. The summed E-state index contributed by atoms with van der Waals surface area (Å²) in [4.78, 5) is 27.8. The zero-order valence-electron chi connectivity index (χ0n) is 18.5. The molecule has 31 heavy (non-hydrogen) atoms. The SMILES string of the molecule is CCC(C)NC(=O)c1cc(NC(=O)Nc2ccccc2OC)ccc1N1CCCCC1. The first-order valence-corrected chi connectivity index (χ1v) is 10.9. The number of amides is 3. The summed E-state index contributed by atoms with van der Waals surface area (Å²) >= 11 is 0. The summed E-state index contributed by atoms with van der Waals surface area (Å²) in [5.41, 5.74) is 2.62. The molecule has 0 spiro atoms. The molecule has 2 aromatic rings. The summed E-state index contributed by atoms with van der Waals surface area (Å²) in [5.74, 6) is 0.454. The molecule has 1 saturated heterocycles. The third kappa shape index (κ3) is 5.90. The van der Waals surface area contributed by atoms with E-state index in [1.165, 1.54) is 6.42 Å². The molecule has 1 unspecified atom stereocenters. The number of hydrogen-bond acceptors (Lipinski definition) is 4. The van der Waals surface area contributed by atoms with Gasteiger partial charge in [-0.2, -0.15) is 0 Å². The van der Waals surface area contributed by atoms with Crippen molar-refractivity contribution in [3.63, 3.8) is 0 Å². The molecule has 0 aromatic heterocycles. The molecule has 1 aliphatic rings. The lowest BCUT2D eigenvalue weighted by atomic mass is 10.1. The van der Waals surface area contributed by atoms with Crippen LogP contribution in [-0.4, -0.2) is 38.2 Å². The number of benzene rings is 2. The van der Waals surface area contributed by atoms with Gasteiger partial charge in [0, 0.05) is 30.5 Å². The number of anilines is 3. The summed E-state index contributed by atoms with van der Waals surface area (Å²) in [7, 11) is 1.56. The smallest absolute Gasteiger partial charge is 0.323 e. The summed E-state index contributed by atoms with van der Waals surface area (Å²) in [5, 5.41) is 8.67. The zero-order valence-corrected chi connectivity index (χ0v) is 18.5. The topological polar surface area (TPSA) is 82.7 Å². The third-order valence-electron chi connectivity index (χ3n) is 5.54. The van der Waals surface area contributed by atoms with Crippen molar-refractivity contribution >= 4 is 29.0 Å². The van der Waals surface area contributed by atoms with Crippen LogP contribution in [0.5, 0.6) is 5.75 Å². The normalized spacial score (nSPS) is 14.5. The summed E-state index contributed by atoms with van der Waals surface area (Å²) in [6.45, 7) is 5.90. The van der Waals surface area contributed by atoms with Crippen LogP contribution in [0.2, 0.25) is 0 Å². The van der Waals surface area contributed by atoms with Crippen molar-refractivity contribution < 1.29 is 14.3 Å². The molecule has 0 radical (unpaired) electrons. The van der Waals surface area contributed by atoms with Crippen molar-refractivity contribution in [3.8, 4) is 5.75 Å². The van der Waals surface area contributed by atoms with E-state index in [2.05, 4.69) is 20.9 Å². The van der Waals surface area contributed by atoms with Crippen molar-refractivity contribution in [2.75, 3.05) is 35.7 Å². The number of piperidine rings is 1. The van der Waals surface area contributed by atoms with Gasteiger partial charge in [-0.05, 0) is 62.9 Å². The predicted octanol–water partition coefficient (Wildman–Crippen LogP) is 4.86. The van der Waals surface area contributed by atoms with E-state index in [-0.39, 0.29) is 11.9 Å². The second-order valence-corrected chi connectivity index (χ2v) is 7.84. The van der Waals surface area contributed by atoms with Gasteiger partial charge in [-0.25, -0.2) is 4.79 Å². The van der Waals surface area contributed by atoms with E-state index < -0.39 is 6.03 Å². The van der Waals surface area contributed by atoms with Crippen LogP contribution in [0.3, 0.4) is 0 Å². The zero-order chi connectivity index (χ0) is 22.2. The second kappa shape index (κ2) is 10.7. The Morgan fingerprint density at radius 3 is 2.52 bits per heavy atom. The number of ether oxygens (including phenoxy) is 1. The Labute approximate surface area is 184 Å². The van der Waals surface area contributed by atoms with E-state index in [1.54, 1.807) is 25.3 Å². The van der Waals surface area contributed by atoms with Crippen LogP contribution in [0.4, 0.5) is 21.9 Å². The Morgan fingerprint density at radius 1 is 1.06 bits per heavy atom. The molecule has 0 aliphatic carbocycles. The Bertz CT molecular complexity index is 909. The monoisotopic (exact) mass is 424 g/mol. The van der Waals surface area contributed by atoms with Crippen molar-refractivity contribution in [1.29, 1.82) is 0 Å². The molecule has 0 bridgehead atoms. The van der Waals surface area contributed by atoms with Gasteiger partial charge >= 0.3 is 6.03 Å². The Kier molecular flexibility index (Phi) is 7.76. The maximum absolute atomic E-state index is 13.0. The number of carbonyl (C=O) groups is 2. The highest BCUT2D eigenvalue weighted by atomic mass is 16.5. The number of nitrogens with one attached hydrogen (secondary N) is 3. The van der Waals surface area contributed by atoms with Crippen molar-refractivity contribution in [1.82, 2.24) is 5.32 Å². The average molecular weight is 425 g/mol. The molecule has 1 aliphatic heterocycles. The fourth-order valence-electron chi connectivity index (χ4n) is 3.64. The van der Waals surface area contributed by atoms with Gasteiger partial charge in [0.15, 0.2) is 0 Å². The van der Waals surface area contributed by atoms with Gasteiger partial charge < -0.3 is 25.6 Å². The molecular weight excluding hydrogens is 392 g/mol. The quantitative estimate of drug-likeness (QED) is 0.593. The Morgan fingerprint density at radius 2 is 1.81 bits per heavy atom. The van der Waals surface area contributed by atoms with E-state index in [1.807, 2.05) is 38.1 Å². The number of hydrogen-bond donors (Lipinski definition) is 3. The lowest BCUT2D eigenvalue weighted by Crippen LogP contribution is -2.35. The number of carbonyl (C=O) groups excluding carboxylic acids is 2. The van der Waals surface area contributed by atoms with Crippen molar-refractivity contribution in [2.24, 2.45) is 0 Å². The highest BCUT2D eigenvalue weighted by Gasteiger charge is 2.20. The molecule has 1 fully saturated rings. The molecule has 7 nitrogen and oxygen atoms in total. The average Bonchev–Trinajstić information content (AvgIpc) is 2.79. The standard InChI is InChI=1S/C24H32N4O3/c1-4-17(2)25-23(29)19-16-18(12-13-21(19)28-14-8-5-9-15-28)26-24(30)27-20-10-6-7-11-22(20)31-3/h6-7,10-13,16-17H,4-5,8-9,14-15H2,1-3H3,(H,25,29)(H2,26,27,30). The highest BCUT2D eigenvalue weighted by Crippen LogP contribution is 2.28. The highest BCUT2D eigenvalue weighted by molar-refractivity contribution is 6.04. The van der Waals surface area contributed by atoms with E-state index >= 15 is 0 Å². The lowest BCUT2D eigenvalue weighted by molar-refractivity contribution is 0.0939. The molecular formula is C24H32N4O3. The van der Waals surface area contributed by atoms with Crippen LogP contribution in [0.1, 0.15) is 49.9 Å². The van der Waals surface area contributed by atoms with Crippen LogP contribution in [0.25, 0.3) is 0 Å². The van der Waals surface area contributed by atoms with E-state index in [0.717, 1.165) is 38.0 Å². The Balaban J connectivity index is 1.81. The molecule has 3 rings (SSSR count). The maximum Gasteiger partial charge on any atom is 0.323 e. The minimum absolute atomic E-state index is 0.0761.